The van der Waals surface area contributed by atoms with Crippen molar-refractivity contribution in [2.45, 2.75) is 39.2 Å². The first-order valence-corrected chi connectivity index (χ1v) is 11.5. The normalized spacial score (nSPS) is 18.2. The van der Waals surface area contributed by atoms with Crippen LogP contribution in [0, 0.1) is 5.41 Å². The van der Waals surface area contributed by atoms with Gasteiger partial charge >= 0.3 is 0 Å². The van der Waals surface area contributed by atoms with E-state index in [2.05, 4.69) is 27.4 Å². The lowest BCUT2D eigenvalue weighted by molar-refractivity contribution is -0.134. The van der Waals surface area contributed by atoms with Crippen molar-refractivity contribution in [1.29, 1.82) is 0 Å². The number of nitrogens with one attached hydrogen (secondary N) is 1. The van der Waals surface area contributed by atoms with Crippen LogP contribution in [0.3, 0.4) is 0 Å². The fourth-order valence-electron chi connectivity index (χ4n) is 4.63. The topological polar surface area (TPSA) is 75.2 Å². The lowest BCUT2D eigenvalue weighted by atomic mass is 9.73. The molecule has 4 rings (SSSR count). The summed E-state index contributed by atoms with van der Waals surface area (Å²) < 4.78 is 0. The molecule has 1 aliphatic rings. The van der Waals surface area contributed by atoms with Gasteiger partial charge in [0.2, 0.25) is 5.91 Å². The Bertz CT molecular complexity index is 1100. The Kier molecular flexibility index (Phi) is 6.82. The molecule has 1 fully saturated rings. The maximum absolute atomic E-state index is 13.6. The Hall–Kier alpha value is -3.54. The number of hydrogen-bond acceptors (Lipinski definition) is 4. The molecule has 2 aromatic heterocycles. The molecule has 170 valence electrons. The number of piperidine rings is 1. The van der Waals surface area contributed by atoms with Gasteiger partial charge < -0.3 is 10.2 Å². The van der Waals surface area contributed by atoms with E-state index in [0.717, 1.165) is 29.5 Å². The predicted molar refractivity (Wildman–Crippen MR) is 128 cm³/mol. The van der Waals surface area contributed by atoms with E-state index in [9.17, 15) is 9.59 Å². The van der Waals surface area contributed by atoms with Crippen molar-refractivity contribution in [1.82, 2.24) is 20.2 Å². The zero-order valence-corrected chi connectivity index (χ0v) is 19.2. The van der Waals surface area contributed by atoms with Crippen molar-refractivity contribution in [3.8, 4) is 11.1 Å². The van der Waals surface area contributed by atoms with E-state index < -0.39 is 5.41 Å². The Morgan fingerprint density at radius 1 is 1.03 bits per heavy atom. The van der Waals surface area contributed by atoms with Gasteiger partial charge in [-0.3, -0.25) is 19.6 Å². The van der Waals surface area contributed by atoms with Crippen molar-refractivity contribution in [2.24, 2.45) is 5.41 Å². The molecule has 3 aromatic rings. The van der Waals surface area contributed by atoms with Gasteiger partial charge in [0, 0.05) is 37.7 Å². The van der Waals surface area contributed by atoms with Crippen molar-refractivity contribution in [3.63, 3.8) is 0 Å². The molecular formula is C27H30N4O2. The first-order valence-electron chi connectivity index (χ1n) is 11.5. The molecule has 0 unspecified atom stereocenters. The van der Waals surface area contributed by atoms with Crippen LogP contribution < -0.4 is 5.32 Å². The number of aromatic nitrogens is 2. The van der Waals surface area contributed by atoms with Crippen LogP contribution in [0.25, 0.3) is 11.1 Å². The molecule has 0 saturated carbocycles. The van der Waals surface area contributed by atoms with Gasteiger partial charge in [-0.15, -0.1) is 0 Å². The SMILES string of the molecule is CC(C)NC(=O)[C@]1(Cc2ccccc2-c2ccncc2)CCCN(C(=O)c2ccccn2)C1. The second-order valence-electron chi connectivity index (χ2n) is 9.02. The molecule has 1 aliphatic heterocycles. The van der Waals surface area contributed by atoms with Crippen LogP contribution in [0.4, 0.5) is 0 Å². The highest BCUT2D eigenvalue weighted by Gasteiger charge is 2.44. The summed E-state index contributed by atoms with van der Waals surface area (Å²) in [5, 5.41) is 3.13. The molecular weight excluding hydrogens is 412 g/mol. The van der Waals surface area contributed by atoms with Crippen molar-refractivity contribution in [3.05, 3.63) is 84.4 Å². The maximum Gasteiger partial charge on any atom is 0.272 e. The highest BCUT2D eigenvalue weighted by Crippen LogP contribution is 2.37. The van der Waals surface area contributed by atoms with Crippen molar-refractivity contribution >= 4 is 11.8 Å². The third-order valence-corrected chi connectivity index (χ3v) is 6.19. The lowest BCUT2D eigenvalue weighted by Gasteiger charge is -2.42. The van der Waals surface area contributed by atoms with E-state index in [-0.39, 0.29) is 17.9 Å². The van der Waals surface area contributed by atoms with Crippen LogP contribution in [0.1, 0.15) is 42.7 Å². The summed E-state index contributed by atoms with van der Waals surface area (Å²) in [6, 6.07) is 17.5. The van der Waals surface area contributed by atoms with Crippen LogP contribution in [-0.4, -0.2) is 45.8 Å². The number of hydrogen-bond donors (Lipinski definition) is 1. The molecule has 1 saturated heterocycles. The third-order valence-electron chi connectivity index (χ3n) is 6.19. The second kappa shape index (κ2) is 9.94. The van der Waals surface area contributed by atoms with Crippen LogP contribution in [-0.2, 0) is 11.2 Å². The summed E-state index contributed by atoms with van der Waals surface area (Å²) in [5.74, 6) is -0.125. The fraction of sp³-hybridized carbons (Fsp3) is 0.333. The minimum absolute atomic E-state index is 0.000511. The monoisotopic (exact) mass is 442 g/mol. The fourth-order valence-corrected chi connectivity index (χ4v) is 4.63. The number of pyridine rings is 2. The zero-order valence-electron chi connectivity index (χ0n) is 19.2. The average Bonchev–Trinajstić information content (AvgIpc) is 2.85. The minimum Gasteiger partial charge on any atom is -0.353 e. The Balaban J connectivity index is 1.69. The second-order valence-corrected chi connectivity index (χ2v) is 9.02. The molecule has 6 nitrogen and oxygen atoms in total. The largest absolute Gasteiger partial charge is 0.353 e. The molecule has 0 spiro atoms. The Morgan fingerprint density at radius 2 is 1.79 bits per heavy atom. The number of amides is 2. The zero-order chi connectivity index (χ0) is 23.3. The molecule has 3 heterocycles. The van der Waals surface area contributed by atoms with E-state index in [1.165, 1.54) is 0 Å². The number of rotatable bonds is 6. The molecule has 33 heavy (non-hydrogen) atoms. The van der Waals surface area contributed by atoms with Gasteiger partial charge in [0.15, 0.2) is 0 Å². The van der Waals surface area contributed by atoms with Crippen LogP contribution in [0.2, 0.25) is 0 Å². The van der Waals surface area contributed by atoms with Gasteiger partial charge in [-0.2, -0.15) is 0 Å². The number of likely N-dealkylation sites (tertiary alicyclic amines) is 1. The summed E-state index contributed by atoms with van der Waals surface area (Å²) in [7, 11) is 0. The predicted octanol–water partition coefficient (Wildman–Crippen LogP) is 4.13. The van der Waals surface area contributed by atoms with E-state index in [1.807, 2.05) is 44.2 Å². The van der Waals surface area contributed by atoms with Gasteiger partial charge in [0.1, 0.15) is 5.69 Å². The van der Waals surface area contributed by atoms with E-state index in [1.54, 1.807) is 35.6 Å². The lowest BCUT2D eigenvalue weighted by Crippen LogP contribution is -2.55. The maximum atomic E-state index is 13.6. The van der Waals surface area contributed by atoms with Gasteiger partial charge in [-0.25, -0.2) is 0 Å². The van der Waals surface area contributed by atoms with E-state index in [0.29, 0.717) is 25.2 Å². The molecule has 0 bridgehead atoms. The van der Waals surface area contributed by atoms with Crippen molar-refractivity contribution < 1.29 is 9.59 Å². The number of nitrogens with zero attached hydrogens (tertiary/aromatic N) is 3. The third kappa shape index (κ3) is 5.11. The quantitative estimate of drug-likeness (QED) is 0.623. The molecule has 1 N–H and O–H groups in total. The summed E-state index contributed by atoms with van der Waals surface area (Å²) in [6.07, 6.45) is 7.23. The number of carbonyl (C=O) groups excluding carboxylic acids is 2. The highest BCUT2D eigenvalue weighted by molar-refractivity contribution is 5.93. The minimum atomic E-state index is -0.712. The summed E-state index contributed by atoms with van der Waals surface area (Å²) in [4.78, 5) is 37.0. The molecule has 0 radical (unpaired) electrons. The molecule has 1 atom stereocenters. The van der Waals surface area contributed by atoms with Gasteiger partial charge in [-0.05, 0) is 74.1 Å². The summed E-state index contributed by atoms with van der Waals surface area (Å²) >= 11 is 0. The number of benzene rings is 1. The summed E-state index contributed by atoms with van der Waals surface area (Å²) in [5.41, 5.74) is 2.95. The van der Waals surface area contributed by atoms with Gasteiger partial charge in [0.25, 0.3) is 5.91 Å². The van der Waals surface area contributed by atoms with E-state index >= 15 is 0 Å². The molecule has 1 aromatic carbocycles. The average molecular weight is 443 g/mol. The smallest absolute Gasteiger partial charge is 0.272 e. The molecule has 2 amide bonds. The Labute approximate surface area is 195 Å². The van der Waals surface area contributed by atoms with Crippen molar-refractivity contribution in [2.75, 3.05) is 13.1 Å². The summed E-state index contributed by atoms with van der Waals surface area (Å²) in [6.45, 7) is 4.93. The van der Waals surface area contributed by atoms with Gasteiger partial charge in [-0.1, -0.05) is 30.3 Å². The van der Waals surface area contributed by atoms with Crippen LogP contribution in [0.5, 0.6) is 0 Å². The van der Waals surface area contributed by atoms with Gasteiger partial charge in [0.05, 0.1) is 5.41 Å². The number of carbonyl (C=O) groups is 2. The molecule has 6 heteroatoms. The standard InChI is InChI=1S/C27H30N4O2/c1-20(2)30-26(33)27(13-7-17-31(19-27)25(32)24-10-5-6-14-29-24)18-22-8-3-4-9-23(22)21-11-15-28-16-12-21/h3-6,8-12,14-16,20H,7,13,17-19H2,1-2H3,(H,30,33)/t27-/m0/s1. The van der Waals surface area contributed by atoms with Crippen LogP contribution in [0.15, 0.2) is 73.2 Å². The first-order chi connectivity index (χ1) is 16.0. The van der Waals surface area contributed by atoms with E-state index in [4.69, 9.17) is 0 Å². The highest BCUT2D eigenvalue weighted by atomic mass is 16.2. The van der Waals surface area contributed by atoms with Crippen LogP contribution >= 0.6 is 0 Å². The first kappa shape index (κ1) is 22.6. The Morgan fingerprint density at radius 3 is 2.52 bits per heavy atom. The molecule has 0 aliphatic carbocycles.